The van der Waals surface area contributed by atoms with Crippen LogP contribution in [0.25, 0.3) is 0 Å². The third-order valence-corrected chi connectivity index (χ3v) is 1.88. The summed E-state index contributed by atoms with van der Waals surface area (Å²) in [5.41, 5.74) is 5.23. The molecule has 0 heterocycles. The standard InChI is InChI=1S/C8H17N3O/c9-3-4-11-8(12)6-10-5-7-1-2-7/h7,10H,1-6,9H2,(H,11,12). The van der Waals surface area contributed by atoms with Crippen LogP contribution in [0.3, 0.4) is 0 Å². The first kappa shape index (κ1) is 9.48. The highest BCUT2D eigenvalue weighted by Gasteiger charge is 2.20. The Balaban J connectivity index is 1.86. The van der Waals surface area contributed by atoms with Crippen molar-refractivity contribution in [1.82, 2.24) is 10.6 Å². The van der Waals surface area contributed by atoms with Gasteiger partial charge in [0.25, 0.3) is 0 Å². The lowest BCUT2D eigenvalue weighted by Gasteiger charge is -2.04. The maximum absolute atomic E-state index is 11.0. The third-order valence-electron chi connectivity index (χ3n) is 1.88. The van der Waals surface area contributed by atoms with Gasteiger partial charge in [-0.3, -0.25) is 4.79 Å². The first-order valence-corrected chi connectivity index (χ1v) is 4.50. The summed E-state index contributed by atoms with van der Waals surface area (Å²) in [5, 5.41) is 5.80. The van der Waals surface area contributed by atoms with Crippen LogP contribution in [0, 0.1) is 5.92 Å². The van der Waals surface area contributed by atoms with E-state index in [-0.39, 0.29) is 5.91 Å². The average molecular weight is 171 g/mol. The highest BCUT2D eigenvalue weighted by Crippen LogP contribution is 2.27. The van der Waals surface area contributed by atoms with Gasteiger partial charge in [0.05, 0.1) is 6.54 Å². The lowest BCUT2D eigenvalue weighted by molar-refractivity contribution is -0.120. The van der Waals surface area contributed by atoms with E-state index in [9.17, 15) is 4.79 Å². The second-order valence-corrected chi connectivity index (χ2v) is 3.21. The molecule has 1 aliphatic carbocycles. The molecule has 0 aromatic heterocycles. The predicted octanol–water partition coefficient (Wildman–Crippen LogP) is -0.939. The van der Waals surface area contributed by atoms with Crippen molar-refractivity contribution in [2.75, 3.05) is 26.2 Å². The zero-order chi connectivity index (χ0) is 8.81. The molecule has 1 rings (SSSR count). The van der Waals surface area contributed by atoms with Crippen LogP contribution in [0.5, 0.6) is 0 Å². The monoisotopic (exact) mass is 171 g/mol. The fourth-order valence-electron chi connectivity index (χ4n) is 0.986. The summed E-state index contributed by atoms with van der Waals surface area (Å²) in [5.74, 6) is 0.869. The Labute approximate surface area is 72.9 Å². The van der Waals surface area contributed by atoms with Gasteiger partial charge in [-0.15, -0.1) is 0 Å². The normalized spacial score (nSPS) is 16.1. The largest absolute Gasteiger partial charge is 0.354 e. The number of amides is 1. The fourth-order valence-corrected chi connectivity index (χ4v) is 0.986. The number of hydrogen-bond acceptors (Lipinski definition) is 3. The molecule has 1 fully saturated rings. The molecule has 1 aliphatic rings. The molecule has 4 heteroatoms. The molecule has 1 amide bonds. The molecule has 4 nitrogen and oxygen atoms in total. The Bertz CT molecular complexity index is 145. The Hall–Kier alpha value is -0.610. The van der Waals surface area contributed by atoms with Gasteiger partial charge >= 0.3 is 0 Å². The van der Waals surface area contributed by atoms with E-state index in [1.54, 1.807) is 0 Å². The summed E-state index contributed by atoms with van der Waals surface area (Å²) < 4.78 is 0. The first-order chi connectivity index (χ1) is 5.83. The van der Waals surface area contributed by atoms with Crippen LogP contribution >= 0.6 is 0 Å². The van der Waals surface area contributed by atoms with Crippen molar-refractivity contribution >= 4 is 5.91 Å². The van der Waals surface area contributed by atoms with E-state index in [1.807, 2.05) is 0 Å². The van der Waals surface area contributed by atoms with E-state index in [1.165, 1.54) is 12.8 Å². The molecule has 0 unspecified atom stereocenters. The molecule has 12 heavy (non-hydrogen) atoms. The van der Waals surface area contributed by atoms with Gasteiger partial charge in [0.1, 0.15) is 0 Å². The summed E-state index contributed by atoms with van der Waals surface area (Å²) in [6.07, 6.45) is 2.63. The summed E-state index contributed by atoms with van der Waals surface area (Å²) >= 11 is 0. The Morgan fingerprint density at radius 2 is 2.25 bits per heavy atom. The lowest BCUT2D eigenvalue weighted by atomic mass is 10.4. The number of carbonyl (C=O) groups excluding carboxylic acids is 1. The van der Waals surface area contributed by atoms with Gasteiger partial charge in [0.2, 0.25) is 5.91 Å². The zero-order valence-electron chi connectivity index (χ0n) is 7.31. The van der Waals surface area contributed by atoms with Crippen molar-refractivity contribution in [1.29, 1.82) is 0 Å². The zero-order valence-corrected chi connectivity index (χ0v) is 7.31. The van der Waals surface area contributed by atoms with Gasteiger partial charge in [-0.1, -0.05) is 0 Å². The van der Waals surface area contributed by atoms with Crippen LogP contribution < -0.4 is 16.4 Å². The molecule has 0 radical (unpaired) electrons. The number of rotatable bonds is 6. The highest BCUT2D eigenvalue weighted by molar-refractivity contribution is 5.77. The number of carbonyl (C=O) groups is 1. The van der Waals surface area contributed by atoms with Crippen molar-refractivity contribution < 1.29 is 4.79 Å². The first-order valence-electron chi connectivity index (χ1n) is 4.50. The van der Waals surface area contributed by atoms with Crippen LogP contribution in [-0.2, 0) is 4.79 Å². The summed E-state index contributed by atoms with van der Waals surface area (Å²) in [6, 6.07) is 0. The van der Waals surface area contributed by atoms with E-state index in [2.05, 4.69) is 10.6 Å². The Kier molecular flexibility index (Phi) is 4.04. The minimum Gasteiger partial charge on any atom is -0.354 e. The summed E-state index contributed by atoms with van der Waals surface area (Å²) in [6.45, 7) is 2.49. The molecule has 0 aromatic carbocycles. The molecule has 1 saturated carbocycles. The van der Waals surface area contributed by atoms with Gasteiger partial charge in [-0.25, -0.2) is 0 Å². The molecule has 0 aromatic rings. The van der Waals surface area contributed by atoms with Crippen LogP contribution in [0.1, 0.15) is 12.8 Å². The summed E-state index contributed by atoms with van der Waals surface area (Å²) in [7, 11) is 0. The molecule has 0 spiro atoms. The molecule has 0 saturated heterocycles. The molecule has 0 aliphatic heterocycles. The van der Waals surface area contributed by atoms with E-state index >= 15 is 0 Å². The van der Waals surface area contributed by atoms with Gasteiger partial charge in [-0.05, 0) is 25.3 Å². The van der Waals surface area contributed by atoms with Crippen molar-refractivity contribution in [2.24, 2.45) is 11.7 Å². The molecule has 0 bridgehead atoms. The second kappa shape index (κ2) is 5.11. The molecule has 70 valence electrons. The maximum atomic E-state index is 11.0. The summed E-state index contributed by atoms with van der Waals surface area (Å²) in [4.78, 5) is 11.0. The van der Waals surface area contributed by atoms with Gasteiger partial charge < -0.3 is 16.4 Å². The topological polar surface area (TPSA) is 67.1 Å². The van der Waals surface area contributed by atoms with Crippen molar-refractivity contribution in [2.45, 2.75) is 12.8 Å². The maximum Gasteiger partial charge on any atom is 0.234 e. The molecule has 0 atom stereocenters. The quantitative estimate of drug-likeness (QED) is 0.483. The van der Waals surface area contributed by atoms with Crippen LogP contribution in [-0.4, -0.2) is 32.1 Å². The van der Waals surface area contributed by atoms with Crippen molar-refractivity contribution in [3.05, 3.63) is 0 Å². The highest BCUT2D eigenvalue weighted by atomic mass is 16.1. The van der Waals surface area contributed by atoms with E-state index in [4.69, 9.17) is 5.73 Å². The van der Waals surface area contributed by atoms with Crippen molar-refractivity contribution in [3.8, 4) is 0 Å². The Morgan fingerprint density at radius 1 is 1.50 bits per heavy atom. The smallest absolute Gasteiger partial charge is 0.234 e. The van der Waals surface area contributed by atoms with Crippen LogP contribution in [0.15, 0.2) is 0 Å². The van der Waals surface area contributed by atoms with Gasteiger partial charge in [0.15, 0.2) is 0 Å². The lowest BCUT2D eigenvalue weighted by Crippen LogP contribution is -2.37. The molecule has 4 N–H and O–H groups in total. The predicted molar refractivity (Wildman–Crippen MR) is 47.7 cm³/mol. The number of nitrogens with one attached hydrogen (secondary N) is 2. The van der Waals surface area contributed by atoms with E-state index < -0.39 is 0 Å². The van der Waals surface area contributed by atoms with Crippen molar-refractivity contribution in [3.63, 3.8) is 0 Å². The average Bonchev–Trinajstić information content (AvgIpc) is 2.84. The number of hydrogen-bond donors (Lipinski definition) is 3. The van der Waals surface area contributed by atoms with Crippen LogP contribution in [0.2, 0.25) is 0 Å². The Morgan fingerprint density at radius 3 is 2.83 bits per heavy atom. The second-order valence-electron chi connectivity index (χ2n) is 3.21. The SMILES string of the molecule is NCCNC(=O)CNCC1CC1. The third kappa shape index (κ3) is 4.31. The van der Waals surface area contributed by atoms with Crippen LogP contribution in [0.4, 0.5) is 0 Å². The van der Waals surface area contributed by atoms with Gasteiger partial charge in [-0.2, -0.15) is 0 Å². The minimum atomic E-state index is 0.0427. The molecular formula is C8H17N3O. The van der Waals surface area contributed by atoms with E-state index in [0.717, 1.165) is 12.5 Å². The van der Waals surface area contributed by atoms with E-state index in [0.29, 0.717) is 19.6 Å². The van der Waals surface area contributed by atoms with Gasteiger partial charge in [0, 0.05) is 13.1 Å². The minimum absolute atomic E-state index is 0.0427. The molecular weight excluding hydrogens is 154 g/mol. The fraction of sp³-hybridized carbons (Fsp3) is 0.875. The number of nitrogens with two attached hydrogens (primary N) is 1.